The van der Waals surface area contributed by atoms with Gasteiger partial charge >= 0.3 is 0 Å². The summed E-state index contributed by atoms with van der Waals surface area (Å²) < 4.78 is 15.7. The third-order valence-electron chi connectivity index (χ3n) is 4.28. The van der Waals surface area contributed by atoms with Gasteiger partial charge < -0.3 is 0 Å². The first-order valence-corrected chi connectivity index (χ1v) is 8.61. The molecule has 0 fully saturated rings. The standard InChI is InChI=1S/C17H23NOS/c1-17(2,3)20(19)18-16-14-10-6-4-8-12(14)13-9-5-7-11-15(13)16/h4,6,8-10,15-16,18H,5,7,11H2,1-3H3/t15-,16+,20+/m1/s1. The molecule has 3 rings (SSSR count). The fourth-order valence-electron chi connectivity index (χ4n) is 3.24. The van der Waals surface area contributed by atoms with Crippen LogP contribution in [0.2, 0.25) is 0 Å². The van der Waals surface area contributed by atoms with Crippen molar-refractivity contribution in [3.8, 4) is 0 Å². The molecule has 2 nitrogen and oxygen atoms in total. The smallest absolute Gasteiger partial charge is 0.0976 e. The predicted octanol–water partition coefficient (Wildman–Crippen LogP) is 3.98. The molecule has 0 amide bonds. The minimum atomic E-state index is -1.03. The maximum atomic E-state index is 12.5. The number of hydrogen-bond donors (Lipinski definition) is 1. The fraction of sp³-hybridized carbons (Fsp3) is 0.529. The molecule has 20 heavy (non-hydrogen) atoms. The van der Waals surface area contributed by atoms with Crippen LogP contribution >= 0.6 is 0 Å². The Balaban J connectivity index is 1.96. The van der Waals surface area contributed by atoms with Crippen molar-refractivity contribution < 1.29 is 4.21 Å². The Morgan fingerprint density at radius 2 is 2.00 bits per heavy atom. The van der Waals surface area contributed by atoms with Gasteiger partial charge in [-0.1, -0.05) is 30.3 Å². The van der Waals surface area contributed by atoms with Gasteiger partial charge in [0, 0.05) is 5.92 Å². The molecule has 0 aliphatic heterocycles. The number of rotatable bonds is 2. The van der Waals surface area contributed by atoms with Gasteiger partial charge in [-0.15, -0.1) is 0 Å². The molecule has 0 unspecified atom stereocenters. The molecule has 0 saturated heterocycles. The van der Waals surface area contributed by atoms with E-state index >= 15 is 0 Å². The van der Waals surface area contributed by atoms with Crippen LogP contribution in [-0.2, 0) is 11.0 Å². The Kier molecular flexibility index (Phi) is 3.59. The van der Waals surface area contributed by atoms with E-state index in [-0.39, 0.29) is 10.8 Å². The van der Waals surface area contributed by atoms with Crippen LogP contribution in [0.3, 0.4) is 0 Å². The third-order valence-corrected chi connectivity index (χ3v) is 5.86. The van der Waals surface area contributed by atoms with Crippen molar-refractivity contribution in [1.82, 2.24) is 4.72 Å². The van der Waals surface area contributed by atoms with E-state index < -0.39 is 11.0 Å². The van der Waals surface area contributed by atoms with Crippen LogP contribution in [-0.4, -0.2) is 8.96 Å². The Morgan fingerprint density at radius 3 is 2.75 bits per heavy atom. The summed E-state index contributed by atoms with van der Waals surface area (Å²) in [7, 11) is -1.03. The van der Waals surface area contributed by atoms with E-state index in [0.29, 0.717) is 5.92 Å². The zero-order chi connectivity index (χ0) is 14.3. The number of allylic oxidation sites excluding steroid dienone is 1. The number of hydrogen-bond acceptors (Lipinski definition) is 1. The van der Waals surface area contributed by atoms with Gasteiger partial charge in [0.1, 0.15) is 0 Å². The molecule has 0 radical (unpaired) electrons. The topological polar surface area (TPSA) is 29.1 Å². The van der Waals surface area contributed by atoms with E-state index in [0.717, 1.165) is 0 Å². The molecule has 1 aromatic rings. The van der Waals surface area contributed by atoms with Crippen LogP contribution in [0.1, 0.15) is 57.2 Å². The Labute approximate surface area is 124 Å². The zero-order valence-electron chi connectivity index (χ0n) is 12.5. The molecular formula is C17H23NOS. The van der Waals surface area contributed by atoms with Crippen LogP contribution in [0.5, 0.6) is 0 Å². The van der Waals surface area contributed by atoms with Crippen LogP contribution in [0.4, 0.5) is 0 Å². The Morgan fingerprint density at radius 1 is 1.25 bits per heavy atom. The van der Waals surface area contributed by atoms with E-state index in [9.17, 15) is 4.21 Å². The van der Waals surface area contributed by atoms with Gasteiger partial charge in [0.05, 0.1) is 21.8 Å². The quantitative estimate of drug-likeness (QED) is 0.876. The molecule has 0 heterocycles. The van der Waals surface area contributed by atoms with Crippen molar-refractivity contribution in [2.45, 2.75) is 50.8 Å². The predicted molar refractivity (Wildman–Crippen MR) is 85.5 cm³/mol. The lowest BCUT2D eigenvalue weighted by atomic mass is 9.86. The van der Waals surface area contributed by atoms with Gasteiger partial charge in [0.15, 0.2) is 0 Å². The molecular weight excluding hydrogens is 266 g/mol. The summed E-state index contributed by atoms with van der Waals surface area (Å²) in [5.41, 5.74) is 4.15. The average Bonchev–Trinajstić information content (AvgIpc) is 2.73. The van der Waals surface area contributed by atoms with Crippen LogP contribution in [0.15, 0.2) is 30.3 Å². The largest absolute Gasteiger partial charge is 0.242 e. The molecule has 2 aliphatic carbocycles. The second kappa shape index (κ2) is 5.12. The van der Waals surface area contributed by atoms with Gasteiger partial charge in [-0.05, 0) is 56.7 Å². The van der Waals surface area contributed by atoms with E-state index in [1.165, 1.54) is 36.0 Å². The van der Waals surface area contributed by atoms with Crippen molar-refractivity contribution in [3.63, 3.8) is 0 Å². The molecule has 1 N–H and O–H groups in total. The minimum absolute atomic E-state index is 0.206. The summed E-state index contributed by atoms with van der Waals surface area (Å²) in [6.45, 7) is 6.07. The highest BCUT2D eigenvalue weighted by Gasteiger charge is 2.38. The van der Waals surface area contributed by atoms with Gasteiger partial charge in [-0.25, -0.2) is 8.93 Å². The summed E-state index contributed by atoms with van der Waals surface area (Å²) in [4.78, 5) is 0. The van der Waals surface area contributed by atoms with Crippen LogP contribution in [0.25, 0.3) is 5.57 Å². The molecule has 3 heteroatoms. The number of benzene rings is 1. The summed E-state index contributed by atoms with van der Waals surface area (Å²) in [6, 6.07) is 8.80. The van der Waals surface area contributed by atoms with Crippen molar-refractivity contribution in [3.05, 3.63) is 41.5 Å². The first-order valence-electron chi connectivity index (χ1n) is 7.46. The summed E-state index contributed by atoms with van der Waals surface area (Å²) in [5.74, 6) is 0.493. The first-order chi connectivity index (χ1) is 9.48. The summed E-state index contributed by atoms with van der Waals surface area (Å²) in [6.07, 6.45) is 5.99. The Bertz CT molecular complexity index is 571. The van der Waals surface area contributed by atoms with E-state index in [2.05, 4.69) is 35.1 Å². The van der Waals surface area contributed by atoms with Gasteiger partial charge in [-0.3, -0.25) is 0 Å². The average molecular weight is 289 g/mol. The highest BCUT2D eigenvalue weighted by atomic mass is 32.2. The molecule has 0 aromatic heterocycles. The molecule has 1 aromatic carbocycles. The Hall–Kier alpha value is -0.930. The monoisotopic (exact) mass is 289 g/mol. The van der Waals surface area contributed by atoms with Gasteiger partial charge in [0.2, 0.25) is 0 Å². The minimum Gasteiger partial charge on any atom is -0.242 e. The lowest BCUT2D eigenvalue weighted by Gasteiger charge is -2.28. The van der Waals surface area contributed by atoms with Crippen LogP contribution < -0.4 is 4.72 Å². The highest BCUT2D eigenvalue weighted by Crippen LogP contribution is 2.49. The lowest BCUT2D eigenvalue weighted by Crippen LogP contribution is -2.37. The molecule has 0 spiro atoms. The summed E-state index contributed by atoms with van der Waals surface area (Å²) >= 11 is 0. The molecule has 3 atom stereocenters. The maximum absolute atomic E-state index is 12.5. The SMILES string of the molecule is CC(C)(C)[S@](=O)N[C@H]1c2ccccc2C2=CCCC[C@H]21. The number of fused-ring (bicyclic) bond motifs is 3. The van der Waals surface area contributed by atoms with Gasteiger partial charge in [0.25, 0.3) is 0 Å². The van der Waals surface area contributed by atoms with Gasteiger partial charge in [-0.2, -0.15) is 0 Å². The van der Waals surface area contributed by atoms with E-state index in [4.69, 9.17) is 0 Å². The summed E-state index contributed by atoms with van der Waals surface area (Å²) in [5, 5.41) is 0. The van der Waals surface area contributed by atoms with E-state index in [1.54, 1.807) is 0 Å². The van der Waals surface area contributed by atoms with Crippen molar-refractivity contribution in [2.24, 2.45) is 5.92 Å². The van der Waals surface area contributed by atoms with Crippen LogP contribution in [0, 0.1) is 5.92 Å². The van der Waals surface area contributed by atoms with E-state index in [1.807, 2.05) is 20.8 Å². The van der Waals surface area contributed by atoms with Crippen molar-refractivity contribution >= 4 is 16.6 Å². The zero-order valence-corrected chi connectivity index (χ0v) is 13.3. The van der Waals surface area contributed by atoms with Crippen molar-refractivity contribution in [1.29, 1.82) is 0 Å². The second-order valence-electron chi connectivity index (χ2n) is 6.76. The lowest BCUT2D eigenvalue weighted by molar-refractivity contribution is 0.461. The molecule has 0 saturated carbocycles. The maximum Gasteiger partial charge on any atom is 0.0976 e. The fourth-order valence-corrected chi connectivity index (χ4v) is 4.12. The first kappa shape index (κ1) is 14.0. The highest BCUT2D eigenvalue weighted by molar-refractivity contribution is 7.84. The normalized spacial score (nSPS) is 26.6. The number of nitrogens with one attached hydrogen (secondary N) is 1. The second-order valence-corrected chi connectivity index (χ2v) is 8.76. The molecule has 2 aliphatic rings. The molecule has 0 bridgehead atoms. The third kappa shape index (κ3) is 2.38. The van der Waals surface area contributed by atoms with Crippen molar-refractivity contribution in [2.75, 3.05) is 0 Å². The molecule has 108 valence electrons.